The molecule has 1 aromatic rings. The summed E-state index contributed by atoms with van der Waals surface area (Å²) >= 11 is 0. The molecule has 0 spiro atoms. The molecule has 0 radical (unpaired) electrons. The summed E-state index contributed by atoms with van der Waals surface area (Å²) < 4.78 is 27.8. The molecule has 1 saturated heterocycles. The summed E-state index contributed by atoms with van der Waals surface area (Å²) in [6, 6.07) is 4.38. The summed E-state index contributed by atoms with van der Waals surface area (Å²) in [6.07, 6.45) is 0. The highest BCUT2D eigenvalue weighted by Gasteiger charge is 2.33. The van der Waals surface area contributed by atoms with Gasteiger partial charge in [0, 0.05) is 26.2 Å². The smallest absolute Gasteiger partial charge is 0.257 e. The van der Waals surface area contributed by atoms with E-state index in [1.165, 1.54) is 6.07 Å². The van der Waals surface area contributed by atoms with Gasteiger partial charge in [0.05, 0.1) is 6.07 Å². The van der Waals surface area contributed by atoms with E-state index in [9.17, 15) is 23.6 Å². The van der Waals surface area contributed by atoms with E-state index in [4.69, 9.17) is 0 Å². The van der Waals surface area contributed by atoms with Crippen molar-refractivity contribution >= 4 is 11.8 Å². The fourth-order valence-corrected chi connectivity index (χ4v) is 3.51. The molecule has 0 bridgehead atoms. The van der Waals surface area contributed by atoms with Crippen LogP contribution in [0.4, 0.5) is 8.78 Å². The van der Waals surface area contributed by atoms with Crippen molar-refractivity contribution in [2.24, 2.45) is 11.8 Å². The molecule has 1 aromatic carbocycles. The Balaban J connectivity index is 2.07. The van der Waals surface area contributed by atoms with Crippen LogP contribution >= 0.6 is 0 Å². The molecule has 2 amide bonds. The lowest BCUT2D eigenvalue weighted by Gasteiger charge is -2.39. The third-order valence-corrected chi connectivity index (χ3v) is 5.19. The monoisotopic (exact) mass is 406 g/mol. The van der Waals surface area contributed by atoms with Gasteiger partial charge >= 0.3 is 0 Å². The van der Waals surface area contributed by atoms with Gasteiger partial charge in [0.25, 0.3) is 5.91 Å². The van der Waals surface area contributed by atoms with Gasteiger partial charge in [0.1, 0.15) is 29.3 Å². The van der Waals surface area contributed by atoms with Gasteiger partial charge in [-0.2, -0.15) is 5.26 Å². The summed E-state index contributed by atoms with van der Waals surface area (Å²) in [5, 5.41) is 11.9. The Bertz CT molecular complexity index is 763. The molecule has 0 aromatic heterocycles. The number of nitriles is 1. The Morgan fingerprint density at radius 1 is 1.03 bits per heavy atom. The molecule has 1 N–H and O–H groups in total. The summed E-state index contributed by atoms with van der Waals surface area (Å²) in [4.78, 5) is 29.1. The second-order valence-corrected chi connectivity index (χ2v) is 7.97. The van der Waals surface area contributed by atoms with Crippen molar-refractivity contribution in [1.82, 2.24) is 15.1 Å². The SMILES string of the molecule is CC(C)C(C#N)N1CCN(C(=O)[C@@H](NC(=O)c2c(F)cccc2F)C(C)C)CC1. The zero-order chi connectivity index (χ0) is 21.7. The number of halogens is 2. The number of hydrogen-bond donors (Lipinski definition) is 1. The first-order valence-electron chi connectivity index (χ1n) is 9.84. The first-order chi connectivity index (χ1) is 13.7. The highest BCUT2D eigenvalue weighted by Crippen LogP contribution is 2.17. The van der Waals surface area contributed by atoms with Crippen molar-refractivity contribution < 1.29 is 18.4 Å². The highest BCUT2D eigenvalue weighted by atomic mass is 19.1. The Morgan fingerprint density at radius 3 is 2.03 bits per heavy atom. The number of nitrogens with zero attached hydrogens (tertiary/aromatic N) is 3. The van der Waals surface area contributed by atoms with Gasteiger partial charge in [0.2, 0.25) is 5.91 Å². The number of carbonyl (C=O) groups is 2. The van der Waals surface area contributed by atoms with E-state index >= 15 is 0 Å². The van der Waals surface area contributed by atoms with Crippen LogP contribution in [0.1, 0.15) is 38.1 Å². The minimum absolute atomic E-state index is 0.181. The summed E-state index contributed by atoms with van der Waals surface area (Å²) in [5.74, 6) is -3.26. The molecule has 1 heterocycles. The number of benzene rings is 1. The van der Waals surface area contributed by atoms with Crippen molar-refractivity contribution in [3.63, 3.8) is 0 Å². The average molecular weight is 406 g/mol. The van der Waals surface area contributed by atoms with Gasteiger partial charge in [0.15, 0.2) is 0 Å². The molecule has 1 aliphatic rings. The lowest BCUT2D eigenvalue weighted by Crippen LogP contribution is -2.58. The standard InChI is InChI=1S/C21H28F2N4O2/c1-13(2)17(12-24)26-8-10-27(11-9-26)21(29)19(14(3)4)25-20(28)18-15(22)6-5-7-16(18)23/h5-7,13-14,17,19H,8-11H2,1-4H3,(H,25,28)/t17?,19-/m0/s1. The van der Waals surface area contributed by atoms with E-state index in [1.807, 2.05) is 18.7 Å². The van der Waals surface area contributed by atoms with Gasteiger partial charge in [-0.3, -0.25) is 14.5 Å². The molecular formula is C21H28F2N4O2. The maximum atomic E-state index is 13.9. The van der Waals surface area contributed by atoms with Crippen molar-refractivity contribution in [1.29, 1.82) is 5.26 Å². The van der Waals surface area contributed by atoms with E-state index in [0.717, 1.165) is 12.1 Å². The van der Waals surface area contributed by atoms with E-state index in [1.54, 1.807) is 18.7 Å². The fraction of sp³-hybridized carbons (Fsp3) is 0.571. The molecular weight excluding hydrogens is 378 g/mol. The number of piperazine rings is 1. The number of hydrogen-bond acceptors (Lipinski definition) is 4. The van der Waals surface area contributed by atoms with Crippen molar-refractivity contribution in [3.05, 3.63) is 35.4 Å². The summed E-state index contributed by atoms with van der Waals surface area (Å²) in [6.45, 7) is 9.47. The van der Waals surface area contributed by atoms with E-state index in [2.05, 4.69) is 11.4 Å². The van der Waals surface area contributed by atoms with Crippen LogP contribution in [-0.2, 0) is 4.79 Å². The molecule has 1 aliphatic heterocycles. The van der Waals surface area contributed by atoms with Crippen molar-refractivity contribution in [3.8, 4) is 6.07 Å². The minimum atomic E-state index is -0.970. The van der Waals surface area contributed by atoms with Crippen molar-refractivity contribution in [2.75, 3.05) is 26.2 Å². The van der Waals surface area contributed by atoms with Gasteiger partial charge in [-0.1, -0.05) is 33.8 Å². The number of rotatable bonds is 6. The van der Waals surface area contributed by atoms with Gasteiger partial charge < -0.3 is 10.2 Å². The van der Waals surface area contributed by atoms with Crippen LogP contribution in [0, 0.1) is 34.8 Å². The molecule has 0 saturated carbocycles. The maximum absolute atomic E-state index is 13.9. The van der Waals surface area contributed by atoms with Crippen LogP contribution in [0.25, 0.3) is 0 Å². The number of nitrogens with one attached hydrogen (secondary N) is 1. The molecule has 2 atom stereocenters. The molecule has 0 aliphatic carbocycles. The third kappa shape index (κ3) is 5.30. The Hall–Kier alpha value is -2.53. The predicted molar refractivity (Wildman–Crippen MR) is 105 cm³/mol. The maximum Gasteiger partial charge on any atom is 0.257 e. The zero-order valence-corrected chi connectivity index (χ0v) is 17.3. The van der Waals surface area contributed by atoms with Crippen LogP contribution < -0.4 is 5.32 Å². The van der Waals surface area contributed by atoms with Crippen molar-refractivity contribution in [2.45, 2.75) is 39.8 Å². The number of carbonyl (C=O) groups excluding carboxylic acids is 2. The highest BCUT2D eigenvalue weighted by molar-refractivity contribution is 5.98. The van der Waals surface area contributed by atoms with Crippen LogP contribution in [0.3, 0.4) is 0 Å². The minimum Gasteiger partial charge on any atom is -0.340 e. The molecule has 1 fully saturated rings. The number of amides is 2. The largest absolute Gasteiger partial charge is 0.340 e. The normalized spacial score (nSPS) is 17.1. The molecule has 29 heavy (non-hydrogen) atoms. The first kappa shape index (κ1) is 22.8. The van der Waals surface area contributed by atoms with Gasteiger partial charge in [-0.05, 0) is 24.0 Å². The van der Waals surface area contributed by atoms with E-state index in [-0.39, 0.29) is 23.8 Å². The van der Waals surface area contributed by atoms with Crippen LogP contribution in [-0.4, -0.2) is 59.9 Å². The lowest BCUT2D eigenvalue weighted by atomic mass is 10.0. The summed E-state index contributed by atoms with van der Waals surface area (Å²) in [7, 11) is 0. The van der Waals surface area contributed by atoms with Crippen LogP contribution in [0.2, 0.25) is 0 Å². The van der Waals surface area contributed by atoms with Crippen LogP contribution in [0.15, 0.2) is 18.2 Å². The Kier molecular flexibility index (Phi) is 7.68. The molecule has 158 valence electrons. The third-order valence-electron chi connectivity index (χ3n) is 5.19. The Morgan fingerprint density at radius 2 is 1.59 bits per heavy atom. The molecule has 6 nitrogen and oxygen atoms in total. The fourth-order valence-electron chi connectivity index (χ4n) is 3.51. The molecule has 2 rings (SSSR count). The first-order valence-corrected chi connectivity index (χ1v) is 9.84. The predicted octanol–water partition coefficient (Wildman–Crippen LogP) is 2.41. The second kappa shape index (κ2) is 9.79. The Labute approximate surface area is 170 Å². The molecule has 8 heteroatoms. The molecule has 1 unspecified atom stereocenters. The van der Waals surface area contributed by atoms with Crippen LogP contribution in [0.5, 0.6) is 0 Å². The zero-order valence-electron chi connectivity index (χ0n) is 17.3. The van der Waals surface area contributed by atoms with E-state index in [0.29, 0.717) is 26.2 Å². The topological polar surface area (TPSA) is 76.4 Å². The summed E-state index contributed by atoms with van der Waals surface area (Å²) in [5.41, 5.74) is -0.690. The van der Waals surface area contributed by atoms with E-state index < -0.39 is 29.1 Å². The lowest BCUT2D eigenvalue weighted by molar-refractivity contribution is -0.136. The quantitative estimate of drug-likeness (QED) is 0.787. The van der Waals surface area contributed by atoms with Gasteiger partial charge in [-0.25, -0.2) is 8.78 Å². The van der Waals surface area contributed by atoms with Gasteiger partial charge in [-0.15, -0.1) is 0 Å². The second-order valence-electron chi connectivity index (χ2n) is 7.97. The average Bonchev–Trinajstić information content (AvgIpc) is 2.66.